The van der Waals surface area contributed by atoms with E-state index in [4.69, 9.17) is 5.73 Å². The molecule has 5 N–H and O–H groups in total. The SMILES string of the molecule is Nc1nc(/C(=N/O)C(=O)N[C@@H]2C(=O)N3C(C(=O)O)=C(C[n+]4cncc(F)c4)CSC23)cs1. The molecule has 1 unspecified atom stereocenters. The summed E-state index contributed by atoms with van der Waals surface area (Å²) in [5, 5.41) is 25.2. The Morgan fingerprint density at radius 2 is 2.25 bits per heavy atom. The molecule has 166 valence electrons. The lowest BCUT2D eigenvalue weighted by Crippen LogP contribution is -2.71. The summed E-state index contributed by atoms with van der Waals surface area (Å²) in [5.74, 6) is -3.16. The second kappa shape index (κ2) is 8.51. The smallest absolute Gasteiger partial charge is 0.352 e. The maximum atomic E-state index is 13.4. The van der Waals surface area contributed by atoms with Crippen LogP contribution in [0.5, 0.6) is 0 Å². The number of aromatic nitrogens is 3. The highest BCUT2D eigenvalue weighted by Crippen LogP contribution is 2.40. The Hall–Kier alpha value is -3.59. The topological polar surface area (TPSA) is 175 Å². The number of anilines is 1. The maximum Gasteiger partial charge on any atom is 0.352 e. The molecule has 0 spiro atoms. The molecule has 15 heteroatoms. The molecular weight excluding hydrogens is 465 g/mol. The van der Waals surface area contributed by atoms with Crippen LogP contribution in [0, 0.1) is 5.82 Å². The van der Waals surface area contributed by atoms with Crippen molar-refractivity contribution in [1.82, 2.24) is 20.2 Å². The number of carboxylic acid groups (broad SMARTS) is 1. The number of aliphatic carboxylic acids is 1. The lowest BCUT2D eigenvalue weighted by molar-refractivity contribution is -0.693. The predicted octanol–water partition coefficient (Wildman–Crippen LogP) is -0.836. The van der Waals surface area contributed by atoms with Crippen molar-refractivity contribution in [1.29, 1.82) is 0 Å². The van der Waals surface area contributed by atoms with Gasteiger partial charge >= 0.3 is 5.97 Å². The van der Waals surface area contributed by atoms with E-state index in [1.165, 1.54) is 28.0 Å². The van der Waals surface area contributed by atoms with E-state index in [9.17, 15) is 29.1 Å². The third kappa shape index (κ3) is 3.87. The van der Waals surface area contributed by atoms with E-state index in [0.29, 0.717) is 5.57 Å². The number of hydrogen-bond donors (Lipinski definition) is 4. The second-order valence-corrected chi connectivity index (χ2v) is 8.71. The van der Waals surface area contributed by atoms with Gasteiger partial charge in [-0.3, -0.25) is 14.5 Å². The van der Waals surface area contributed by atoms with Gasteiger partial charge in [-0.25, -0.2) is 14.3 Å². The maximum absolute atomic E-state index is 13.4. The Balaban J connectivity index is 1.53. The van der Waals surface area contributed by atoms with E-state index in [1.807, 2.05) is 0 Å². The number of rotatable bonds is 6. The molecule has 32 heavy (non-hydrogen) atoms. The summed E-state index contributed by atoms with van der Waals surface area (Å²) in [5.41, 5.74) is 5.32. The molecule has 2 atom stereocenters. The standard InChI is InChI=1S/C17H14FN7O5S2/c18-8-1-20-6-24(3-8)2-7-4-31-15-11(14(27)25(15)12(7)16(28)29)22-13(26)10(23-30)9-5-32-17(19)21-9/h1,3,5-6,11,15H,2,4H2,(H4-,19,21,22,26,28,29,30)/p+1/t11-,15?/m1/s1. The van der Waals surface area contributed by atoms with Crippen LogP contribution in [0.4, 0.5) is 9.52 Å². The molecule has 4 rings (SSSR count). The minimum atomic E-state index is -1.32. The summed E-state index contributed by atoms with van der Waals surface area (Å²) in [7, 11) is 0. The summed E-state index contributed by atoms with van der Waals surface area (Å²) in [6.45, 7) is 0.0273. The van der Waals surface area contributed by atoms with Crippen LogP contribution in [0.15, 0.2) is 40.5 Å². The second-order valence-electron chi connectivity index (χ2n) is 6.72. The van der Waals surface area contributed by atoms with E-state index in [0.717, 1.165) is 28.6 Å². The molecule has 2 aromatic rings. The van der Waals surface area contributed by atoms with Crippen LogP contribution < -0.4 is 15.6 Å². The highest BCUT2D eigenvalue weighted by molar-refractivity contribution is 8.00. The molecule has 2 aliphatic heterocycles. The highest BCUT2D eigenvalue weighted by atomic mass is 32.2. The molecule has 2 amide bonds. The monoisotopic (exact) mass is 480 g/mol. The fourth-order valence-corrected chi connectivity index (χ4v) is 5.23. The summed E-state index contributed by atoms with van der Waals surface area (Å²) >= 11 is 2.29. The number of hydrogen-bond acceptors (Lipinski definition) is 10. The molecule has 1 fully saturated rings. The van der Waals surface area contributed by atoms with Crippen molar-refractivity contribution < 1.29 is 33.7 Å². The third-order valence-electron chi connectivity index (χ3n) is 4.69. The van der Waals surface area contributed by atoms with Crippen LogP contribution in [-0.2, 0) is 20.9 Å². The van der Waals surface area contributed by atoms with Gasteiger partial charge in [0, 0.05) is 16.7 Å². The van der Waals surface area contributed by atoms with Gasteiger partial charge in [-0.1, -0.05) is 10.1 Å². The number of thioether (sulfide) groups is 1. The molecule has 0 aromatic carbocycles. The van der Waals surface area contributed by atoms with Crippen LogP contribution in [0.1, 0.15) is 5.69 Å². The molecular formula is C17H15FN7O5S2+. The summed E-state index contributed by atoms with van der Waals surface area (Å²) < 4.78 is 14.8. The zero-order valence-electron chi connectivity index (χ0n) is 16.0. The zero-order chi connectivity index (χ0) is 23.0. The average molecular weight is 480 g/mol. The van der Waals surface area contributed by atoms with Crippen molar-refractivity contribution in [2.24, 2.45) is 5.16 Å². The van der Waals surface area contributed by atoms with Crippen molar-refractivity contribution in [3.8, 4) is 0 Å². The van der Waals surface area contributed by atoms with Crippen molar-refractivity contribution in [3.63, 3.8) is 0 Å². The van der Waals surface area contributed by atoms with E-state index in [2.05, 4.69) is 20.4 Å². The number of nitrogens with two attached hydrogens (primary N) is 1. The van der Waals surface area contributed by atoms with Crippen molar-refractivity contribution in [2.45, 2.75) is 18.0 Å². The van der Waals surface area contributed by atoms with Gasteiger partial charge in [0.15, 0.2) is 17.0 Å². The van der Waals surface area contributed by atoms with Gasteiger partial charge in [0.1, 0.15) is 35.5 Å². The number of β-lactam (4-membered cyclic amide) rings is 1. The van der Waals surface area contributed by atoms with Crippen LogP contribution in [0.25, 0.3) is 0 Å². The Kier molecular flexibility index (Phi) is 5.75. The van der Waals surface area contributed by atoms with Crippen LogP contribution in [0.3, 0.4) is 0 Å². The minimum absolute atomic E-state index is 0.0273. The first-order valence-electron chi connectivity index (χ1n) is 8.94. The van der Waals surface area contributed by atoms with E-state index in [-0.39, 0.29) is 28.8 Å². The minimum Gasteiger partial charge on any atom is -0.477 e. The van der Waals surface area contributed by atoms with Crippen molar-refractivity contribution in [2.75, 3.05) is 11.5 Å². The fourth-order valence-electron chi connectivity index (χ4n) is 3.35. The van der Waals surface area contributed by atoms with Crippen molar-refractivity contribution in [3.05, 3.63) is 46.9 Å². The van der Waals surface area contributed by atoms with Gasteiger partial charge in [-0.2, -0.15) is 4.39 Å². The molecule has 0 radical (unpaired) electrons. The summed E-state index contributed by atoms with van der Waals surface area (Å²) in [6.07, 6.45) is 3.52. The number of nitrogens with one attached hydrogen (secondary N) is 1. The number of carbonyl (C=O) groups is 3. The Labute approximate surface area is 187 Å². The summed E-state index contributed by atoms with van der Waals surface area (Å²) in [6, 6.07) is -1.03. The normalized spacial score (nSPS) is 20.6. The number of thiazole rings is 1. The zero-order valence-corrected chi connectivity index (χ0v) is 17.6. The molecule has 0 aliphatic carbocycles. The number of oxime groups is 1. The highest BCUT2D eigenvalue weighted by Gasteiger charge is 2.54. The average Bonchev–Trinajstić information content (AvgIpc) is 3.17. The van der Waals surface area contributed by atoms with Crippen molar-refractivity contribution >= 4 is 51.7 Å². The Morgan fingerprint density at radius 1 is 1.47 bits per heavy atom. The van der Waals surface area contributed by atoms with Crippen LogP contribution >= 0.6 is 23.1 Å². The van der Waals surface area contributed by atoms with Gasteiger partial charge in [0.05, 0.1) is 0 Å². The first kappa shape index (κ1) is 21.6. The Morgan fingerprint density at radius 3 is 2.88 bits per heavy atom. The van der Waals surface area contributed by atoms with Crippen LogP contribution in [-0.4, -0.2) is 65.8 Å². The molecule has 0 saturated carbocycles. The van der Waals surface area contributed by atoms with Gasteiger partial charge in [0.2, 0.25) is 5.82 Å². The number of nitrogen functional groups attached to an aromatic ring is 1. The number of fused-ring (bicyclic) bond motifs is 1. The molecule has 4 heterocycles. The summed E-state index contributed by atoms with van der Waals surface area (Å²) in [4.78, 5) is 45.8. The molecule has 12 nitrogen and oxygen atoms in total. The van der Waals surface area contributed by atoms with Gasteiger partial charge < -0.3 is 21.4 Å². The van der Waals surface area contributed by atoms with Crippen LogP contribution in [0.2, 0.25) is 0 Å². The number of carbonyl (C=O) groups excluding carboxylic acids is 2. The Bertz CT molecular complexity index is 1180. The number of nitrogens with zero attached hydrogens (tertiary/aromatic N) is 5. The molecule has 2 aliphatic rings. The first-order chi connectivity index (χ1) is 15.3. The quantitative estimate of drug-likeness (QED) is 0.135. The largest absolute Gasteiger partial charge is 0.477 e. The lowest BCUT2D eigenvalue weighted by Gasteiger charge is -2.49. The number of carboxylic acids is 1. The lowest BCUT2D eigenvalue weighted by atomic mass is 10.0. The van der Waals surface area contributed by atoms with E-state index in [1.54, 1.807) is 0 Å². The van der Waals surface area contributed by atoms with Gasteiger partial charge in [-0.15, -0.1) is 23.1 Å². The van der Waals surface area contributed by atoms with Gasteiger partial charge in [0.25, 0.3) is 18.1 Å². The fraction of sp³-hybridized carbons (Fsp3) is 0.235. The third-order valence-corrected chi connectivity index (χ3v) is 6.71. The predicted molar refractivity (Wildman–Crippen MR) is 109 cm³/mol. The molecule has 2 aromatic heterocycles. The van der Waals surface area contributed by atoms with E-state index >= 15 is 0 Å². The molecule has 1 saturated heterocycles. The number of amides is 2. The van der Waals surface area contributed by atoms with Gasteiger partial charge in [-0.05, 0) is 0 Å². The molecule has 0 bridgehead atoms. The van der Waals surface area contributed by atoms with E-state index < -0.39 is 40.7 Å². The number of halogens is 1. The first-order valence-corrected chi connectivity index (χ1v) is 10.9.